The molecule has 4 nitrogen and oxygen atoms in total. The highest BCUT2D eigenvalue weighted by atomic mass is 32.1. The molecule has 94 valence electrons. The van der Waals surface area contributed by atoms with E-state index in [2.05, 4.69) is 22.5 Å². The minimum atomic E-state index is -0.317. The number of rotatable bonds is 5. The van der Waals surface area contributed by atoms with Crippen LogP contribution in [0.3, 0.4) is 0 Å². The fraction of sp³-hybridized carbons (Fsp3) is 0.667. The highest BCUT2D eigenvalue weighted by Crippen LogP contribution is 2.22. The van der Waals surface area contributed by atoms with Gasteiger partial charge in [-0.25, -0.2) is 4.98 Å². The summed E-state index contributed by atoms with van der Waals surface area (Å²) in [6, 6.07) is 0. The van der Waals surface area contributed by atoms with Gasteiger partial charge < -0.3 is 10.6 Å². The van der Waals surface area contributed by atoms with Crippen LogP contribution in [0, 0.1) is 0 Å². The number of hydrogen-bond donors (Lipinski definition) is 2. The second kappa shape index (κ2) is 5.60. The molecular weight excluding hydrogens is 234 g/mol. The van der Waals surface area contributed by atoms with Crippen molar-refractivity contribution in [2.75, 3.05) is 13.1 Å². The first-order valence-electron chi connectivity index (χ1n) is 6.18. The fourth-order valence-electron chi connectivity index (χ4n) is 2.29. The van der Waals surface area contributed by atoms with Gasteiger partial charge in [-0.15, -0.1) is 11.3 Å². The number of nitrogens with one attached hydrogen (secondary N) is 2. The maximum Gasteiger partial charge on any atom is 0.240 e. The molecule has 17 heavy (non-hydrogen) atoms. The van der Waals surface area contributed by atoms with Crippen molar-refractivity contribution in [1.82, 2.24) is 15.6 Å². The van der Waals surface area contributed by atoms with E-state index in [1.165, 1.54) is 0 Å². The van der Waals surface area contributed by atoms with E-state index in [4.69, 9.17) is 0 Å². The average Bonchev–Trinajstić information content (AvgIpc) is 3.00. The number of amides is 1. The molecule has 2 heterocycles. The molecule has 2 N–H and O–H groups in total. The molecule has 1 aromatic heterocycles. The van der Waals surface area contributed by atoms with Crippen molar-refractivity contribution < 1.29 is 4.79 Å². The number of carbonyl (C=O) groups excluding carboxylic acids is 1. The first kappa shape index (κ1) is 12.5. The van der Waals surface area contributed by atoms with Crippen LogP contribution < -0.4 is 10.6 Å². The summed E-state index contributed by atoms with van der Waals surface area (Å²) in [5, 5.41) is 9.40. The third kappa shape index (κ3) is 2.84. The Morgan fingerprint density at radius 3 is 3.18 bits per heavy atom. The van der Waals surface area contributed by atoms with E-state index < -0.39 is 0 Å². The SMILES string of the molecule is CCC1(C(=O)NCCc2nccs2)CCCN1. The van der Waals surface area contributed by atoms with E-state index in [1.807, 2.05) is 5.38 Å². The molecule has 1 fully saturated rings. The largest absolute Gasteiger partial charge is 0.354 e. The zero-order valence-electron chi connectivity index (χ0n) is 10.2. The third-order valence-corrected chi connectivity index (χ3v) is 4.23. The van der Waals surface area contributed by atoms with Crippen molar-refractivity contribution in [3.05, 3.63) is 16.6 Å². The molecule has 1 aliphatic heterocycles. The number of thiazole rings is 1. The molecule has 0 saturated carbocycles. The molecule has 2 rings (SSSR count). The summed E-state index contributed by atoms with van der Waals surface area (Å²) in [4.78, 5) is 16.3. The van der Waals surface area contributed by atoms with Crippen LogP contribution in [0.1, 0.15) is 31.2 Å². The summed E-state index contributed by atoms with van der Waals surface area (Å²) in [6.07, 6.45) is 5.52. The summed E-state index contributed by atoms with van der Waals surface area (Å²) >= 11 is 1.63. The molecule has 0 aromatic carbocycles. The minimum Gasteiger partial charge on any atom is -0.354 e. The van der Waals surface area contributed by atoms with Crippen LogP contribution >= 0.6 is 11.3 Å². The van der Waals surface area contributed by atoms with Gasteiger partial charge in [-0.3, -0.25) is 4.79 Å². The molecule has 0 spiro atoms. The number of nitrogens with zero attached hydrogens (tertiary/aromatic N) is 1. The maximum atomic E-state index is 12.1. The van der Waals surface area contributed by atoms with Crippen molar-refractivity contribution in [3.63, 3.8) is 0 Å². The highest BCUT2D eigenvalue weighted by Gasteiger charge is 2.38. The summed E-state index contributed by atoms with van der Waals surface area (Å²) < 4.78 is 0. The Labute approximate surface area is 106 Å². The van der Waals surface area contributed by atoms with Gasteiger partial charge in [0.15, 0.2) is 0 Å². The van der Waals surface area contributed by atoms with Gasteiger partial charge in [0, 0.05) is 24.5 Å². The van der Waals surface area contributed by atoms with E-state index in [0.29, 0.717) is 6.54 Å². The lowest BCUT2D eigenvalue weighted by atomic mass is 9.93. The Morgan fingerprint density at radius 1 is 1.71 bits per heavy atom. The lowest BCUT2D eigenvalue weighted by Crippen LogP contribution is -2.53. The second-order valence-corrected chi connectivity index (χ2v) is 5.38. The van der Waals surface area contributed by atoms with Gasteiger partial charge in [-0.1, -0.05) is 6.92 Å². The van der Waals surface area contributed by atoms with Crippen molar-refractivity contribution in [1.29, 1.82) is 0 Å². The van der Waals surface area contributed by atoms with E-state index in [1.54, 1.807) is 17.5 Å². The molecular formula is C12H19N3OS. The number of carbonyl (C=O) groups is 1. The standard InChI is InChI=1S/C12H19N3OS/c1-2-12(5-3-6-15-12)11(16)14-7-4-10-13-8-9-17-10/h8-9,15H,2-7H2,1H3,(H,14,16). The van der Waals surface area contributed by atoms with Gasteiger partial charge in [0.1, 0.15) is 0 Å². The Morgan fingerprint density at radius 2 is 2.59 bits per heavy atom. The van der Waals surface area contributed by atoms with E-state index >= 15 is 0 Å². The predicted molar refractivity (Wildman–Crippen MR) is 69.1 cm³/mol. The van der Waals surface area contributed by atoms with Crippen molar-refractivity contribution in [2.45, 2.75) is 38.1 Å². The zero-order valence-corrected chi connectivity index (χ0v) is 11.0. The van der Waals surface area contributed by atoms with Crippen LogP contribution in [0.15, 0.2) is 11.6 Å². The maximum absolute atomic E-state index is 12.1. The van der Waals surface area contributed by atoms with Gasteiger partial charge in [0.05, 0.1) is 10.5 Å². The first-order valence-corrected chi connectivity index (χ1v) is 7.06. The molecule has 0 radical (unpaired) electrons. The molecule has 1 saturated heterocycles. The van der Waals surface area contributed by atoms with Crippen LogP contribution in [-0.2, 0) is 11.2 Å². The molecule has 1 atom stereocenters. The molecule has 1 aromatic rings. The van der Waals surface area contributed by atoms with Crippen LogP contribution in [0.2, 0.25) is 0 Å². The summed E-state index contributed by atoms with van der Waals surface area (Å²) in [5.41, 5.74) is -0.317. The van der Waals surface area contributed by atoms with Gasteiger partial charge in [-0.05, 0) is 25.8 Å². The number of hydrogen-bond acceptors (Lipinski definition) is 4. The Kier molecular flexibility index (Phi) is 4.12. The van der Waals surface area contributed by atoms with Crippen molar-refractivity contribution in [3.8, 4) is 0 Å². The fourth-order valence-corrected chi connectivity index (χ4v) is 2.91. The quantitative estimate of drug-likeness (QED) is 0.832. The summed E-state index contributed by atoms with van der Waals surface area (Å²) in [5.74, 6) is 0.147. The number of aromatic nitrogens is 1. The second-order valence-electron chi connectivity index (χ2n) is 4.40. The smallest absolute Gasteiger partial charge is 0.240 e. The Hall–Kier alpha value is -0.940. The zero-order chi connectivity index (χ0) is 12.1. The van der Waals surface area contributed by atoms with E-state index in [0.717, 1.165) is 37.2 Å². The van der Waals surface area contributed by atoms with Gasteiger partial charge in [0.25, 0.3) is 0 Å². The monoisotopic (exact) mass is 253 g/mol. The van der Waals surface area contributed by atoms with Crippen LogP contribution in [-0.4, -0.2) is 29.5 Å². The van der Waals surface area contributed by atoms with Crippen molar-refractivity contribution in [2.24, 2.45) is 0 Å². The normalized spacial score (nSPS) is 23.8. The van der Waals surface area contributed by atoms with Gasteiger partial charge in [0.2, 0.25) is 5.91 Å². The summed E-state index contributed by atoms with van der Waals surface area (Å²) in [7, 11) is 0. The Bertz CT molecular complexity index is 358. The van der Waals surface area contributed by atoms with E-state index in [-0.39, 0.29) is 11.4 Å². The lowest BCUT2D eigenvalue weighted by molar-refractivity contribution is -0.127. The lowest BCUT2D eigenvalue weighted by Gasteiger charge is -2.26. The van der Waals surface area contributed by atoms with Gasteiger partial charge >= 0.3 is 0 Å². The minimum absolute atomic E-state index is 0.147. The molecule has 0 bridgehead atoms. The van der Waals surface area contributed by atoms with Crippen LogP contribution in [0.5, 0.6) is 0 Å². The summed E-state index contributed by atoms with van der Waals surface area (Å²) in [6.45, 7) is 3.70. The average molecular weight is 253 g/mol. The highest BCUT2D eigenvalue weighted by molar-refractivity contribution is 7.09. The predicted octanol–water partition coefficient (Wildman–Crippen LogP) is 1.33. The van der Waals surface area contributed by atoms with E-state index in [9.17, 15) is 4.79 Å². The first-order chi connectivity index (χ1) is 8.27. The topological polar surface area (TPSA) is 54.0 Å². The molecule has 1 unspecified atom stereocenters. The molecule has 0 aliphatic carbocycles. The molecule has 5 heteroatoms. The molecule has 1 aliphatic rings. The molecule has 1 amide bonds. The van der Waals surface area contributed by atoms with Crippen LogP contribution in [0.25, 0.3) is 0 Å². The van der Waals surface area contributed by atoms with Crippen molar-refractivity contribution >= 4 is 17.2 Å². The van der Waals surface area contributed by atoms with Gasteiger partial charge in [-0.2, -0.15) is 0 Å². The Balaban J connectivity index is 1.80. The van der Waals surface area contributed by atoms with Crippen LogP contribution in [0.4, 0.5) is 0 Å². The third-order valence-electron chi connectivity index (χ3n) is 3.39.